The second-order valence-corrected chi connectivity index (χ2v) is 12.3. The Hall–Kier alpha value is -3.67. The Balaban J connectivity index is 0.000000230. The average Bonchev–Trinajstić information content (AvgIpc) is 2.86. The van der Waals surface area contributed by atoms with E-state index in [-0.39, 0.29) is 36.4 Å². The number of hydrogen-bond acceptors (Lipinski definition) is 6. The summed E-state index contributed by atoms with van der Waals surface area (Å²) in [6.07, 6.45) is -0.997. The highest BCUT2D eigenvalue weighted by Crippen LogP contribution is 2.39. The number of fused-ring (bicyclic) bond motifs is 2. The van der Waals surface area contributed by atoms with Gasteiger partial charge in [-0.2, -0.15) is 17.6 Å². The van der Waals surface area contributed by atoms with Gasteiger partial charge in [-0.3, -0.25) is 14.6 Å². The van der Waals surface area contributed by atoms with E-state index in [1.807, 2.05) is 0 Å². The third kappa shape index (κ3) is 8.21. The molecule has 0 bridgehead atoms. The van der Waals surface area contributed by atoms with Gasteiger partial charge in [0, 0.05) is 29.8 Å². The van der Waals surface area contributed by atoms with Gasteiger partial charge in [0.15, 0.2) is 0 Å². The van der Waals surface area contributed by atoms with Gasteiger partial charge in [0.25, 0.3) is 11.8 Å². The van der Waals surface area contributed by atoms with Crippen molar-refractivity contribution in [3.05, 3.63) is 69.8 Å². The minimum atomic E-state index is -3.20. The van der Waals surface area contributed by atoms with E-state index in [9.17, 15) is 31.9 Å². The van der Waals surface area contributed by atoms with Crippen LogP contribution in [0.3, 0.4) is 0 Å². The van der Waals surface area contributed by atoms with E-state index in [0.717, 1.165) is 9.80 Å². The van der Waals surface area contributed by atoms with Crippen molar-refractivity contribution in [3.8, 4) is 0 Å². The summed E-state index contributed by atoms with van der Waals surface area (Å²) in [4.78, 5) is 36.6. The molecule has 8 nitrogen and oxygen atoms in total. The number of carbonyl (C=O) groups is 3. The van der Waals surface area contributed by atoms with Gasteiger partial charge in [0.1, 0.15) is 17.5 Å². The maximum atomic E-state index is 14.2. The van der Waals surface area contributed by atoms with E-state index in [4.69, 9.17) is 14.6 Å². The molecular formula is C30H36F4N2O6. The molecule has 230 valence electrons. The molecule has 2 aromatic carbocycles. The van der Waals surface area contributed by atoms with Crippen molar-refractivity contribution in [1.29, 1.82) is 0 Å². The zero-order valence-electron chi connectivity index (χ0n) is 24.5. The molecule has 0 unspecified atom stereocenters. The van der Waals surface area contributed by atoms with Crippen molar-refractivity contribution in [1.82, 2.24) is 9.80 Å². The topological polar surface area (TPSA) is 96.4 Å². The van der Waals surface area contributed by atoms with Crippen LogP contribution in [0.25, 0.3) is 0 Å². The van der Waals surface area contributed by atoms with Gasteiger partial charge in [-0.05, 0) is 70.4 Å². The van der Waals surface area contributed by atoms with E-state index in [1.54, 1.807) is 47.6 Å². The first-order valence-corrected chi connectivity index (χ1v) is 13.3. The second-order valence-electron chi connectivity index (χ2n) is 12.3. The summed E-state index contributed by atoms with van der Waals surface area (Å²) < 4.78 is 67.1. The number of aliphatic hydroxyl groups excluding tert-OH is 1. The fourth-order valence-electron chi connectivity index (χ4n) is 4.43. The van der Waals surface area contributed by atoms with E-state index < -0.39 is 48.3 Å². The number of alkyl halides is 4. The molecule has 12 heteroatoms. The number of benzene rings is 2. The number of amides is 2. The summed E-state index contributed by atoms with van der Waals surface area (Å²) in [5.74, 6) is -6.36. The van der Waals surface area contributed by atoms with E-state index in [1.165, 1.54) is 30.3 Å². The predicted molar refractivity (Wildman–Crippen MR) is 145 cm³/mol. The van der Waals surface area contributed by atoms with Crippen LogP contribution in [0.4, 0.5) is 27.2 Å². The van der Waals surface area contributed by atoms with Gasteiger partial charge in [0.2, 0.25) is 0 Å². The molecule has 2 aliphatic heterocycles. The standard InChI is InChI=1S/C15H19F2NO3.C15H17F2NO3/c2*1-14(2,3)21-13(20)18-7-11-5-4-10(8-19)6-12(11)15(16,17)9-18/h4-6,19H,7-9H2,1-3H3;4-6,8H,7,9H2,1-3H3. The van der Waals surface area contributed by atoms with Crippen LogP contribution >= 0.6 is 0 Å². The first kappa shape index (κ1) is 32.8. The monoisotopic (exact) mass is 596 g/mol. The summed E-state index contributed by atoms with van der Waals surface area (Å²) >= 11 is 0. The molecule has 0 radical (unpaired) electrons. The van der Waals surface area contributed by atoms with Crippen molar-refractivity contribution in [2.24, 2.45) is 0 Å². The molecule has 2 aromatic rings. The van der Waals surface area contributed by atoms with Gasteiger partial charge in [-0.15, -0.1) is 0 Å². The molecule has 0 aliphatic carbocycles. The lowest BCUT2D eigenvalue weighted by Gasteiger charge is -2.35. The molecule has 0 saturated heterocycles. The van der Waals surface area contributed by atoms with Crippen molar-refractivity contribution in [3.63, 3.8) is 0 Å². The molecular weight excluding hydrogens is 560 g/mol. The Morgan fingerprint density at radius 2 is 1.24 bits per heavy atom. The molecule has 0 fully saturated rings. The maximum absolute atomic E-state index is 14.2. The molecule has 2 heterocycles. The van der Waals surface area contributed by atoms with E-state index in [2.05, 4.69) is 0 Å². The SMILES string of the molecule is CC(C)(C)OC(=O)N1Cc2ccc(C=O)cc2C(F)(F)C1.CC(C)(C)OC(=O)N1Cc2ccc(CO)cc2C(F)(F)C1. The molecule has 0 aromatic heterocycles. The van der Waals surface area contributed by atoms with Crippen LogP contribution in [0.5, 0.6) is 0 Å². The van der Waals surface area contributed by atoms with Crippen molar-refractivity contribution in [2.75, 3.05) is 13.1 Å². The Kier molecular flexibility index (Phi) is 9.31. The second kappa shape index (κ2) is 11.9. The number of nitrogens with zero attached hydrogens (tertiary/aromatic N) is 2. The number of ether oxygens (including phenoxy) is 2. The quantitative estimate of drug-likeness (QED) is 0.320. The van der Waals surface area contributed by atoms with Gasteiger partial charge in [-0.25, -0.2) is 9.59 Å². The molecule has 4 rings (SSSR count). The summed E-state index contributed by atoms with van der Waals surface area (Å²) in [6, 6.07) is 8.47. The molecule has 2 aliphatic rings. The van der Waals surface area contributed by atoms with Gasteiger partial charge in [0.05, 0.1) is 19.7 Å². The predicted octanol–water partition coefficient (Wildman–Crippen LogP) is 6.36. The summed E-state index contributed by atoms with van der Waals surface area (Å²) in [5.41, 5.74) is -0.488. The van der Waals surface area contributed by atoms with Crippen LogP contribution in [0.1, 0.15) is 79.7 Å². The Bertz CT molecular complexity index is 1330. The number of hydrogen-bond donors (Lipinski definition) is 1. The lowest BCUT2D eigenvalue weighted by molar-refractivity contribution is -0.0592. The maximum Gasteiger partial charge on any atom is 0.410 e. The minimum Gasteiger partial charge on any atom is -0.444 e. The van der Waals surface area contributed by atoms with Gasteiger partial charge in [-0.1, -0.05) is 24.3 Å². The Labute approximate surface area is 242 Å². The highest BCUT2D eigenvalue weighted by atomic mass is 19.3. The third-order valence-corrected chi connectivity index (χ3v) is 6.22. The zero-order chi connectivity index (χ0) is 31.7. The number of aldehydes is 1. The Morgan fingerprint density at radius 1 is 0.810 bits per heavy atom. The summed E-state index contributed by atoms with van der Waals surface area (Å²) in [5, 5.41) is 9.05. The van der Waals surface area contributed by atoms with Crippen LogP contribution in [0, 0.1) is 0 Å². The van der Waals surface area contributed by atoms with E-state index in [0.29, 0.717) is 23.0 Å². The fraction of sp³-hybridized carbons (Fsp3) is 0.500. The van der Waals surface area contributed by atoms with Crippen molar-refractivity contribution >= 4 is 18.5 Å². The first-order chi connectivity index (χ1) is 19.2. The lowest BCUT2D eigenvalue weighted by atomic mass is 9.94. The van der Waals surface area contributed by atoms with Crippen LogP contribution in [0.15, 0.2) is 36.4 Å². The molecule has 2 amide bonds. The average molecular weight is 597 g/mol. The van der Waals surface area contributed by atoms with Crippen LogP contribution < -0.4 is 0 Å². The summed E-state index contributed by atoms with van der Waals surface area (Å²) in [7, 11) is 0. The fourth-order valence-corrected chi connectivity index (χ4v) is 4.43. The molecule has 0 atom stereocenters. The Morgan fingerprint density at radius 3 is 1.64 bits per heavy atom. The normalized spacial score (nSPS) is 17.2. The number of rotatable bonds is 2. The summed E-state index contributed by atoms with van der Waals surface area (Å²) in [6.45, 7) is 8.45. The number of aliphatic hydroxyl groups is 1. The van der Waals surface area contributed by atoms with Crippen molar-refractivity contribution in [2.45, 2.75) is 84.3 Å². The zero-order valence-corrected chi connectivity index (χ0v) is 24.5. The van der Waals surface area contributed by atoms with Gasteiger partial charge < -0.3 is 14.6 Å². The highest BCUT2D eigenvalue weighted by Gasteiger charge is 2.44. The lowest BCUT2D eigenvalue weighted by Crippen LogP contribution is -2.45. The number of halogens is 4. The van der Waals surface area contributed by atoms with Crippen LogP contribution in [0.2, 0.25) is 0 Å². The molecule has 0 saturated carbocycles. The minimum absolute atomic E-state index is 0.0406. The van der Waals surface area contributed by atoms with Gasteiger partial charge >= 0.3 is 12.2 Å². The van der Waals surface area contributed by atoms with Crippen LogP contribution in [-0.4, -0.2) is 57.7 Å². The molecule has 1 N–H and O–H groups in total. The highest BCUT2D eigenvalue weighted by molar-refractivity contribution is 5.76. The molecule has 42 heavy (non-hydrogen) atoms. The largest absolute Gasteiger partial charge is 0.444 e. The van der Waals surface area contributed by atoms with E-state index >= 15 is 0 Å². The first-order valence-electron chi connectivity index (χ1n) is 13.3. The third-order valence-electron chi connectivity index (χ3n) is 6.22. The molecule has 0 spiro atoms. The smallest absolute Gasteiger partial charge is 0.410 e. The van der Waals surface area contributed by atoms with Crippen molar-refractivity contribution < 1.29 is 46.5 Å². The van der Waals surface area contributed by atoms with Crippen LogP contribution in [-0.2, 0) is 41.0 Å². The number of carbonyl (C=O) groups excluding carboxylic acids is 3.